The molecule has 1 aromatic carbocycles. The smallest absolute Gasteiger partial charge is 0.191 e. The molecular formula is C25H46IN5O2. The first kappa shape index (κ1) is 29.9. The number of methoxy groups -OCH3 is 1. The van der Waals surface area contributed by atoms with Crippen LogP contribution in [0.2, 0.25) is 0 Å². The van der Waals surface area contributed by atoms with Crippen LogP contribution in [0.3, 0.4) is 0 Å². The lowest BCUT2D eigenvalue weighted by Gasteiger charge is -2.34. The van der Waals surface area contributed by atoms with Crippen molar-refractivity contribution in [3.8, 4) is 5.75 Å². The Kier molecular flexibility index (Phi) is 16.6. The van der Waals surface area contributed by atoms with Crippen molar-refractivity contribution in [3.63, 3.8) is 0 Å². The zero-order chi connectivity index (χ0) is 23.0. The molecule has 0 aromatic heterocycles. The van der Waals surface area contributed by atoms with E-state index in [1.807, 2.05) is 0 Å². The van der Waals surface area contributed by atoms with Crippen LogP contribution in [0.15, 0.2) is 23.2 Å². The fourth-order valence-electron chi connectivity index (χ4n) is 3.81. The minimum absolute atomic E-state index is 0. The number of hydrogen-bond acceptors (Lipinski definition) is 5. The highest BCUT2D eigenvalue weighted by Gasteiger charge is 2.14. The summed E-state index contributed by atoms with van der Waals surface area (Å²) in [6, 6.07) is 6.33. The molecular weight excluding hydrogens is 529 g/mol. The first-order chi connectivity index (χ1) is 15.7. The molecule has 0 unspecified atom stereocenters. The standard InChI is InChI=1S/C25H45N5O2.HI/c1-5-26-25(27-12-7-8-13-30-16-14-29(6-2)15-17-30)28-21-23-11-10-22(3)20-24(23)32-19-9-18-31-4;/h10-11,20H,5-9,12-19,21H2,1-4H3,(H2,26,27,28);1H. The summed E-state index contributed by atoms with van der Waals surface area (Å²) in [5.41, 5.74) is 2.30. The number of unbranched alkanes of at least 4 members (excludes halogenated alkanes) is 1. The number of piperazine rings is 1. The van der Waals surface area contributed by atoms with Crippen LogP contribution in [0, 0.1) is 6.92 Å². The Bertz CT molecular complexity index is 666. The third-order valence-corrected chi connectivity index (χ3v) is 5.83. The summed E-state index contributed by atoms with van der Waals surface area (Å²) in [5.74, 6) is 1.79. The van der Waals surface area contributed by atoms with E-state index in [4.69, 9.17) is 14.5 Å². The molecule has 33 heavy (non-hydrogen) atoms. The molecule has 1 aromatic rings. The van der Waals surface area contributed by atoms with E-state index in [1.54, 1.807) is 7.11 Å². The van der Waals surface area contributed by atoms with Crippen molar-refractivity contribution in [3.05, 3.63) is 29.3 Å². The highest BCUT2D eigenvalue weighted by Crippen LogP contribution is 2.21. The molecule has 190 valence electrons. The predicted molar refractivity (Wildman–Crippen MR) is 149 cm³/mol. The Morgan fingerprint density at radius 2 is 1.76 bits per heavy atom. The van der Waals surface area contributed by atoms with E-state index in [2.05, 4.69) is 59.4 Å². The fraction of sp³-hybridized carbons (Fsp3) is 0.720. The van der Waals surface area contributed by atoms with Crippen molar-refractivity contribution in [1.29, 1.82) is 0 Å². The molecule has 0 amide bonds. The molecule has 0 bridgehead atoms. The number of likely N-dealkylation sites (N-methyl/N-ethyl adjacent to an activating group) is 1. The second-order valence-corrected chi connectivity index (χ2v) is 8.41. The SMILES string of the molecule is CCNC(=NCc1ccc(C)cc1OCCCOC)NCCCCN1CCN(CC)CC1.I. The number of benzene rings is 1. The largest absolute Gasteiger partial charge is 0.493 e. The van der Waals surface area contributed by atoms with Crippen molar-refractivity contribution in [2.75, 3.05) is 72.7 Å². The van der Waals surface area contributed by atoms with E-state index in [9.17, 15) is 0 Å². The Labute approximate surface area is 218 Å². The Morgan fingerprint density at radius 3 is 2.45 bits per heavy atom. The van der Waals surface area contributed by atoms with E-state index in [-0.39, 0.29) is 24.0 Å². The van der Waals surface area contributed by atoms with E-state index < -0.39 is 0 Å². The highest BCUT2D eigenvalue weighted by atomic mass is 127. The summed E-state index contributed by atoms with van der Waals surface area (Å²) in [7, 11) is 1.72. The number of aliphatic imine (C=N–C) groups is 1. The first-order valence-electron chi connectivity index (χ1n) is 12.3. The van der Waals surface area contributed by atoms with Crippen LogP contribution in [0.5, 0.6) is 5.75 Å². The van der Waals surface area contributed by atoms with Gasteiger partial charge in [-0.3, -0.25) is 0 Å². The number of rotatable bonds is 14. The van der Waals surface area contributed by atoms with Gasteiger partial charge in [0, 0.05) is 65.0 Å². The van der Waals surface area contributed by atoms with Gasteiger partial charge in [0.15, 0.2) is 5.96 Å². The number of ether oxygens (including phenoxy) is 2. The number of nitrogens with one attached hydrogen (secondary N) is 2. The quantitative estimate of drug-likeness (QED) is 0.153. The van der Waals surface area contributed by atoms with Gasteiger partial charge in [-0.25, -0.2) is 4.99 Å². The zero-order valence-corrected chi connectivity index (χ0v) is 23.5. The van der Waals surface area contributed by atoms with Crippen molar-refractivity contribution < 1.29 is 9.47 Å². The topological polar surface area (TPSA) is 61.4 Å². The molecule has 1 saturated heterocycles. The number of halogens is 1. The third-order valence-electron chi connectivity index (χ3n) is 5.83. The second kappa shape index (κ2) is 18.3. The van der Waals surface area contributed by atoms with Gasteiger partial charge >= 0.3 is 0 Å². The molecule has 0 radical (unpaired) electrons. The molecule has 2 N–H and O–H groups in total. The molecule has 2 rings (SSSR count). The van der Waals surface area contributed by atoms with Crippen LogP contribution in [-0.4, -0.2) is 88.4 Å². The molecule has 1 heterocycles. The summed E-state index contributed by atoms with van der Waals surface area (Å²) in [5, 5.41) is 6.85. The molecule has 1 aliphatic heterocycles. The van der Waals surface area contributed by atoms with E-state index in [0.29, 0.717) is 19.8 Å². The van der Waals surface area contributed by atoms with Gasteiger partial charge in [0.1, 0.15) is 5.75 Å². The lowest BCUT2D eigenvalue weighted by molar-refractivity contribution is 0.136. The monoisotopic (exact) mass is 575 g/mol. The van der Waals surface area contributed by atoms with Crippen LogP contribution in [-0.2, 0) is 11.3 Å². The number of hydrogen-bond donors (Lipinski definition) is 2. The summed E-state index contributed by atoms with van der Waals surface area (Å²) in [6.45, 7) is 17.4. The van der Waals surface area contributed by atoms with E-state index in [0.717, 1.165) is 43.2 Å². The van der Waals surface area contributed by atoms with E-state index in [1.165, 1.54) is 51.3 Å². The third kappa shape index (κ3) is 12.2. The van der Waals surface area contributed by atoms with Gasteiger partial charge in [-0.15, -0.1) is 24.0 Å². The van der Waals surface area contributed by atoms with Gasteiger partial charge < -0.3 is 29.9 Å². The van der Waals surface area contributed by atoms with Crippen molar-refractivity contribution in [2.45, 2.75) is 46.6 Å². The van der Waals surface area contributed by atoms with Gasteiger partial charge in [-0.1, -0.05) is 19.1 Å². The van der Waals surface area contributed by atoms with E-state index >= 15 is 0 Å². The lowest BCUT2D eigenvalue weighted by atomic mass is 10.1. The molecule has 1 fully saturated rings. The molecule has 0 spiro atoms. The molecule has 7 nitrogen and oxygen atoms in total. The molecule has 1 aliphatic rings. The average molecular weight is 576 g/mol. The van der Waals surface area contributed by atoms with Gasteiger partial charge in [-0.05, 0) is 51.4 Å². The second-order valence-electron chi connectivity index (χ2n) is 8.41. The number of guanidine groups is 1. The fourth-order valence-corrected chi connectivity index (χ4v) is 3.81. The van der Waals surface area contributed by atoms with Gasteiger partial charge in [0.2, 0.25) is 0 Å². The molecule has 8 heteroatoms. The lowest BCUT2D eigenvalue weighted by Crippen LogP contribution is -2.46. The van der Waals surface area contributed by atoms with Gasteiger partial charge in [0.25, 0.3) is 0 Å². The van der Waals surface area contributed by atoms with Crippen LogP contribution in [0.1, 0.15) is 44.2 Å². The Hall–Kier alpha value is -1.10. The van der Waals surface area contributed by atoms with Crippen LogP contribution < -0.4 is 15.4 Å². The maximum Gasteiger partial charge on any atom is 0.191 e. The van der Waals surface area contributed by atoms with Gasteiger partial charge in [-0.2, -0.15) is 0 Å². The summed E-state index contributed by atoms with van der Waals surface area (Å²) in [6.07, 6.45) is 3.25. The Balaban J connectivity index is 0.00000544. The first-order valence-corrected chi connectivity index (χ1v) is 12.3. The van der Waals surface area contributed by atoms with Crippen LogP contribution >= 0.6 is 24.0 Å². The average Bonchev–Trinajstić information content (AvgIpc) is 2.81. The zero-order valence-electron chi connectivity index (χ0n) is 21.2. The normalized spacial score (nSPS) is 15.2. The van der Waals surface area contributed by atoms with Crippen LogP contribution in [0.25, 0.3) is 0 Å². The van der Waals surface area contributed by atoms with Gasteiger partial charge in [0.05, 0.1) is 13.2 Å². The Morgan fingerprint density at radius 1 is 1.00 bits per heavy atom. The van der Waals surface area contributed by atoms with Crippen LogP contribution in [0.4, 0.5) is 0 Å². The predicted octanol–water partition coefficient (Wildman–Crippen LogP) is 3.50. The summed E-state index contributed by atoms with van der Waals surface area (Å²) < 4.78 is 11.1. The molecule has 0 atom stereocenters. The highest BCUT2D eigenvalue weighted by molar-refractivity contribution is 14.0. The minimum Gasteiger partial charge on any atom is -0.493 e. The number of nitrogens with zero attached hydrogens (tertiary/aromatic N) is 3. The van der Waals surface area contributed by atoms with Crippen molar-refractivity contribution >= 4 is 29.9 Å². The van der Waals surface area contributed by atoms with Crippen molar-refractivity contribution in [2.24, 2.45) is 4.99 Å². The summed E-state index contributed by atoms with van der Waals surface area (Å²) >= 11 is 0. The maximum absolute atomic E-state index is 6.00. The molecule has 0 saturated carbocycles. The minimum atomic E-state index is 0. The maximum atomic E-state index is 6.00. The number of aryl methyl sites for hydroxylation is 1. The van der Waals surface area contributed by atoms with Crippen molar-refractivity contribution in [1.82, 2.24) is 20.4 Å². The molecule has 0 aliphatic carbocycles. The summed E-state index contributed by atoms with van der Waals surface area (Å²) in [4.78, 5) is 9.92.